The summed E-state index contributed by atoms with van der Waals surface area (Å²) >= 11 is 0. The molecule has 2 amide bonds. The minimum atomic E-state index is -1.21. The number of piperazine rings is 1. The number of anilines is 1. The number of aliphatic carboxylic acids is 1. The fraction of sp³-hybridized carbons (Fsp3) is 0.385. The van der Waals surface area contributed by atoms with Crippen molar-refractivity contribution in [1.82, 2.24) is 14.8 Å². The number of carbonyl (C=O) groups is 3. The zero-order valence-electron chi connectivity index (χ0n) is 20.9. The summed E-state index contributed by atoms with van der Waals surface area (Å²) in [6.45, 7) is 7.02. The Morgan fingerprint density at radius 2 is 1.86 bits per heavy atom. The lowest BCUT2D eigenvalue weighted by Crippen LogP contribution is -2.49. The Hall–Kier alpha value is -4.15. The molecule has 1 fully saturated rings. The molecule has 1 aromatic carbocycles. The van der Waals surface area contributed by atoms with E-state index in [1.165, 1.54) is 12.5 Å². The molecule has 10 nitrogen and oxygen atoms in total. The first kappa shape index (κ1) is 25.9. The highest BCUT2D eigenvalue weighted by Crippen LogP contribution is 2.27. The van der Waals surface area contributed by atoms with Crippen molar-refractivity contribution in [2.24, 2.45) is 5.92 Å². The fourth-order valence-electron chi connectivity index (χ4n) is 4.50. The lowest BCUT2D eigenvalue weighted by Gasteiger charge is -2.36. The molecule has 1 saturated heterocycles. The van der Waals surface area contributed by atoms with Crippen LogP contribution in [0.5, 0.6) is 0 Å². The minimum Gasteiger partial charge on any atom is -0.480 e. The molecule has 0 aliphatic carbocycles. The Bertz CT molecular complexity index is 1390. The van der Waals surface area contributed by atoms with Crippen LogP contribution in [-0.4, -0.2) is 64.6 Å². The summed E-state index contributed by atoms with van der Waals surface area (Å²) in [5.41, 5.74) is -0.182. The number of carboxylic acid groups (broad SMARTS) is 1. The van der Waals surface area contributed by atoms with Gasteiger partial charge < -0.3 is 29.2 Å². The van der Waals surface area contributed by atoms with Crippen LogP contribution in [-0.2, 0) is 11.3 Å². The van der Waals surface area contributed by atoms with Crippen LogP contribution in [0, 0.1) is 11.7 Å². The first-order valence-electron chi connectivity index (χ1n) is 12.1. The van der Waals surface area contributed by atoms with E-state index in [0.717, 1.165) is 6.07 Å². The number of fused-ring (bicyclic) bond motifs is 1. The van der Waals surface area contributed by atoms with Gasteiger partial charge in [0.1, 0.15) is 17.4 Å². The normalized spacial score (nSPS) is 14.7. The molecule has 3 aromatic rings. The average molecular weight is 513 g/mol. The summed E-state index contributed by atoms with van der Waals surface area (Å²) in [7, 11) is 0. The number of carbonyl (C=O) groups excluding carboxylic acids is 2. The Morgan fingerprint density at radius 3 is 2.43 bits per heavy atom. The van der Waals surface area contributed by atoms with Crippen molar-refractivity contribution in [3.05, 3.63) is 64.1 Å². The van der Waals surface area contributed by atoms with Gasteiger partial charge in [-0.15, -0.1) is 0 Å². The van der Waals surface area contributed by atoms with Crippen LogP contribution < -0.4 is 15.6 Å². The van der Waals surface area contributed by atoms with E-state index in [9.17, 15) is 24.3 Å². The van der Waals surface area contributed by atoms with Crippen LogP contribution in [0.4, 0.5) is 10.1 Å². The molecular weight excluding hydrogens is 483 g/mol. The molecule has 11 heteroatoms. The van der Waals surface area contributed by atoms with Crippen molar-refractivity contribution in [2.75, 3.05) is 31.1 Å². The zero-order valence-corrected chi connectivity index (χ0v) is 20.9. The number of furan rings is 1. The van der Waals surface area contributed by atoms with Crippen molar-refractivity contribution in [1.29, 1.82) is 0 Å². The van der Waals surface area contributed by atoms with Gasteiger partial charge in [-0.2, -0.15) is 0 Å². The molecule has 3 heterocycles. The van der Waals surface area contributed by atoms with Crippen LogP contribution in [0.15, 0.2) is 45.9 Å². The number of pyridine rings is 1. The molecule has 0 saturated carbocycles. The predicted molar refractivity (Wildman–Crippen MR) is 134 cm³/mol. The molecule has 37 heavy (non-hydrogen) atoms. The third-order valence-electron chi connectivity index (χ3n) is 6.59. The summed E-state index contributed by atoms with van der Waals surface area (Å²) in [6, 6.07) is 4.77. The molecule has 1 aliphatic rings. The molecule has 196 valence electrons. The predicted octanol–water partition coefficient (Wildman–Crippen LogP) is 2.55. The number of aromatic nitrogens is 1. The van der Waals surface area contributed by atoms with Crippen molar-refractivity contribution < 1.29 is 28.3 Å². The molecule has 1 unspecified atom stereocenters. The molecular formula is C26H29FN4O6. The SMILES string of the molecule is CCn1cc(C(=O)NC(C(=O)O)C(C)C)c(=O)c2cc(F)c(N3CCN(C(=O)c4ccco4)CC3)cc21. The highest BCUT2D eigenvalue weighted by atomic mass is 19.1. The van der Waals surface area contributed by atoms with Crippen molar-refractivity contribution in [3.63, 3.8) is 0 Å². The van der Waals surface area contributed by atoms with E-state index in [1.54, 1.807) is 41.5 Å². The van der Waals surface area contributed by atoms with Crippen molar-refractivity contribution in [2.45, 2.75) is 33.4 Å². The van der Waals surface area contributed by atoms with E-state index in [2.05, 4.69) is 5.32 Å². The monoisotopic (exact) mass is 512 g/mol. The number of rotatable bonds is 7. The summed E-state index contributed by atoms with van der Waals surface area (Å²) < 4.78 is 22.1. The van der Waals surface area contributed by atoms with Crippen LogP contribution in [0.1, 0.15) is 41.7 Å². The van der Waals surface area contributed by atoms with Crippen LogP contribution in [0.3, 0.4) is 0 Å². The maximum absolute atomic E-state index is 15.3. The minimum absolute atomic E-state index is 0.0267. The highest BCUT2D eigenvalue weighted by molar-refractivity contribution is 5.99. The Labute approximate surface area is 212 Å². The Balaban J connectivity index is 1.62. The fourth-order valence-corrected chi connectivity index (χ4v) is 4.50. The summed E-state index contributed by atoms with van der Waals surface area (Å²) in [6.07, 6.45) is 2.81. The third-order valence-corrected chi connectivity index (χ3v) is 6.59. The molecule has 0 bridgehead atoms. The van der Waals surface area contributed by atoms with Crippen LogP contribution >= 0.6 is 0 Å². The molecule has 1 atom stereocenters. The molecule has 0 spiro atoms. The number of benzene rings is 1. The van der Waals surface area contributed by atoms with Gasteiger partial charge in [0, 0.05) is 44.3 Å². The maximum Gasteiger partial charge on any atom is 0.326 e. The average Bonchev–Trinajstić information content (AvgIpc) is 3.42. The summed E-state index contributed by atoms with van der Waals surface area (Å²) in [5.74, 6) is -3.03. The quantitative estimate of drug-likeness (QED) is 0.498. The number of carboxylic acids is 1. The number of nitrogens with zero attached hydrogens (tertiary/aromatic N) is 3. The van der Waals surface area contributed by atoms with Gasteiger partial charge in [0.05, 0.1) is 17.5 Å². The number of amides is 2. The van der Waals surface area contributed by atoms with Gasteiger partial charge in [-0.1, -0.05) is 13.8 Å². The number of hydrogen-bond donors (Lipinski definition) is 2. The molecule has 1 aliphatic heterocycles. The second-order valence-corrected chi connectivity index (χ2v) is 9.27. The van der Waals surface area contributed by atoms with Crippen molar-refractivity contribution >= 4 is 34.4 Å². The van der Waals surface area contributed by atoms with E-state index in [-0.39, 0.29) is 22.6 Å². The Morgan fingerprint density at radius 1 is 1.16 bits per heavy atom. The summed E-state index contributed by atoms with van der Waals surface area (Å²) in [4.78, 5) is 53.5. The van der Waals surface area contributed by atoms with Gasteiger partial charge >= 0.3 is 5.97 Å². The smallest absolute Gasteiger partial charge is 0.326 e. The first-order chi connectivity index (χ1) is 17.6. The molecule has 4 rings (SSSR count). The summed E-state index contributed by atoms with van der Waals surface area (Å²) in [5, 5.41) is 11.8. The van der Waals surface area contributed by atoms with Gasteiger partial charge in [-0.25, -0.2) is 9.18 Å². The van der Waals surface area contributed by atoms with Crippen LogP contribution in [0.25, 0.3) is 10.9 Å². The van der Waals surface area contributed by atoms with Gasteiger partial charge in [-0.3, -0.25) is 14.4 Å². The van der Waals surface area contributed by atoms with E-state index < -0.39 is 35.1 Å². The third kappa shape index (κ3) is 5.07. The topological polar surface area (TPSA) is 125 Å². The van der Waals surface area contributed by atoms with Gasteiger partial charge in [0.25, 0.3) is 11.8 Å². The van der Waals surface area contributed by atoms with E-state index >= 15 is 4.39 Å². The number of aryl methyl sites for hydroxylation is 1. The largest absolute Gasteiger partial charge is 0.480 e. The van der Waals surface area contributed by atoms with E-state index in [4.69, 9.17) is 4.42 Å². The standard InChI is InChI=1S/C26H29FN4O6/c1-4-29-14-17(24(33)28-22(15(2)3)26(35)36)23(32)16-12-18(27)20(13-19(16)29)30-7-9-31(10-8-30)25(34)21-6-5-11-37-21/h5-6,11-15,22H,4,7-10H2,1-3H3,(H,28,33)(H,35,36). The highest BCUT2D eigenvalue weighted by Gasteiger charge is 2.28. The molecule has 2 aromatic heterocycles. The first-order valence-corrected chi connectivity index (χ1v) is 12.1. The van der Waals surface area contributed by atoms with Gasteiger partial charge in [0.15, 0.2) is 5.76 Å². The number of halogens is 1. The lowest BCUT2D eigenvalue weighted by atomic mass is 10.0. The Kier molecular flexibility index (Phi) is 7.33. The number of nitrogens with one attached hydrogen (secondary N) is 1. The zero-order chi connectivity index (χ0) is 26.9. The molecule has 0 radical (unpaired) electrons. The van der Waals surface area contributed by atoms with E-state index in [0.29, 0.717) is 43.9 Å². The maximum atomic E-state index is 15.3. The number of hydrogen-bond acceptors (Lipinski definition) is 6. The van der Waals surface area contributed by atoms with Gasteiger partial charge in [-0.05, 0) is 37.1 Å². The van der Waals surface area contributed by atoms with Crippen LogP contribution in [0.2, 0.25) is 0 Å². The second kappa shape index (κ2) is 10.5. The van der Waals surface area contributed by atoms with E-state index in [1.807, 2.05) is 11.8 Å². The second-order valence-electron chi connectivity index (χ2n) is 9.27. The van der Waals surface area contributed by atoms with Gasteiger partial charge in [0.2, 0.25) is 5.43 Å². The van der Waals surface area contributed by atoms with Crippen molar-refractivity contribution in [3.8, 4) is 0 Å². The lowest BCUT2D eigenvalue weighted by molar-refractivity contribution is -0.140. The molecule has 2 N–H and O–H groups in total.